The van der Waals surface area contributed by atoms with Gasteiger partial charge in [-0.3, -0.25) is 0 Å². The minimum atomic E-state index is 0.690. The second-order valence-corrected chi connectivity index (χ2v) is 5.29. The van der Waals surface area contributed by atoms with Crippen LogP contribution in [0.1, 0.15) is 47.5 Å². The minimum absolute atomic E-state index is 0.690. The van der Waals surface area contributed by atoms with Crippen molar-refractivity contribution in [2.45, 2.75) is 65.9 Å². The van der Waals surface area contributed by atoms with Crippen LogP contribution in [-0.2, 0) is 0 Å². The highest BCUT2D eigenvalue weighted by Crippen LogP contribution is 2.21. The number of hydrogen-bond acceptors (Lipinski definition) is 2. The predicted molar refractivity (Wildman–Crippen MR) is 69.2 cm³/mol. The zero-order chi connectivity index (χ0) is 11.4. The Labute approximate surface area is 96.1 Å². The zero-order valence-electron chi connectivity index (χ0n) is 11.2. The molecule has 3 heteroatoms. The number of hydrogen-bond donors (Lipinski definition) is 0. The smallest absolute Gasteiger partial charge is 0.311 e. The molecule has 1 aliphatic rings. The van der Waals surface area contributed by atoms with Crippen LogP contribution in [0.15, 0.2) is 0 Å². The maximum Gasteiger partial charge on any atom is 0.311 e. The molecule has 0 spiro atoms. The summed E-state index contributed by atoms with van der Waals surface area (Å²) in [5.74, 6) is 0. The summed E-state index contributed by atoms with van der Waals surface area (Å²) in [6.07, 6.45) is 4.01. The lowest BCUT2D eigenvalue weighted by atomic mass is 9.66. The highest BCUT2D eigenvalue weighted by molar-refractivity contribution is 6.53. The summed E-state index contributed by atoms with van der Waals surface area (Å²) in [5.41, 5.74) is 0. The van der Waals surface area contributed by atoms with Crippen LogP contribution < -0.4 is 0 Å². The Hall–Kier alpha value is -0.0151. The van der Waals surface area contributed by atoms with Crippen LogP contribution in [0, 0.1) is 0 Å². The first-order valence-electron chi connectivity index (χ1n) is 6.59. The Balaban J connectivity index is 2.60. The van der Waals surface area contributed by atoms with Crippen LogP contribution in [0.3, 0.4) is 0 Å². The van der Waals surface area contributed by atoms with Gasteiger partial charge < -0.3 is 9.62 Å². The Morgan fingerprint density at radius 3 is 1.80 bits per heavy atom. The van der Waals surface area contributed by atoms with Crippen LogP contribution in [-0.4, -0.2) is 41.8 Å². The van der Waals surface area contributed by atoms with E-state index in [0.29, 0.717) is 19.1 Å². The quantitative estimate of drug-likeness (QED) is 0.644. The Morgan fingerprint density at radius 2 is 1.47 bits per heavy atom. The number of unbranched alkanes of at least 4 members (excludes halogenated alkanes) is 1. The standard InChI is InChI=1S/C12H27BN2/c1-6-7-8-13-14(11(2)3)9-10-15(13)12(4)5/h11-12H,6-10H2,1-5H3. The maximum absolute atomic E-state index is 2.66. The van der Waals surface area contributed by atoms with Gasteiger partial charge in [-0.25, -0.2) is 0 Å². The van der Waals surface area contributed by atoms with Crippen molar-refractivity contribution >= 4 is 6.98 Å². The van der Waals surface area contributed by atoms with Crippen molar-refractivity contribution in [1.82, 2.24) is 9.62 Å². The molecule has 0 aromatic heterocycles. The van der Waals surface area contributed by atoms with Crippen molar-refractivity contribution in [3.63, 3.8) is 0 Å². The van der Waals surface area contributed by atoms with Gasteiger partial charge in [0, 0.05) is 13.1 Å². The summed E-state index contributed by atoms with van der Waals surface area (Å²) in [7, 11) is 0. The van der Waals surface area contributed by atoms with E-state index >= 15 is 0 Å². The lowest BCUT2D eigenvalue weighted by Crippen LogP contribution is -2.48. The fraction of sp³-hybridized carbons (Fsp3) is 1.00. The van der Waals surface area contributed by atoms with Crippen LogP contribution in [0.25, 0.3) is 0 Å². The van der Waals surface area contributed by atoms with Crippen molar-refractivity contribution in [2.24, 2.45) is 0 Å². The Kier molecular flexibility index (Phi) is 5.14. The molecule has 1 aliphatic heterocycles. The van der Waals surface area contributed by atoms with E-state index in [-0.39, 0.29) is 0 Å². The highest BCUT2D eigenvalue weighted by Gasteiger charge is 2.37. The SMILES string of the molecule is CCCCB1N(C(C)C)CCN1C(C)C. The molecule has 0 bridgehead atoms. The van der Waals surface area contributed by atoms with Gasteiger partial charge >= 0.3 is 6.98 Å². The average molecular weight is 210 g/mol. The van der Waals surface area contributed by atoms with E-state index in [9.17, 15) is 0 Å². The molecule has 0 amide bonds. The lowest BCUT2D eigenvalue weighted by Gasteiger charge is -2.31. The van der Waals surface area contributed by atoms with E-state index in [1.807, 2.05) is 0 Å². The molecule has 88 valence electrons. The van der Waals surface area contributed by atoms with Crippen molar-refractivity contribution in [2.75, 3.05) is 13.1 Å². The molecule has 0 unspecified atom stereocenters. The third-order valence-electron chi connectivity index (χ3n) is 3.52. The van der Waals surface area contributed by atoms with Crippen molar-refractivity contribution in [3.05, 3.63) is 0 Å². The van der Waals surface area contributed by atoms with E-state index in [2.05, 4.69) is 44.2 Å². The van der Waals surface area contributed by atoms with Crippen LogP contribution in [0.4, 0.5) is 0 Å². The monoisotopic (exact) mass is 210 g/mol. The predicted octanol–water partition coefficient (Wildman–Crippen LogP) is 2.71. The first-order valence-corrected chi connectivity index (χ1v) is 6.59. The van der Waals surface area contributed by atoms with Gasteiger partial charge in [-0.05, 0) is 18.4 Å². The molecule has 1 heterocycles. The van der Waals surface area contributed by atoms with Crippen molar-refractivity contribution in [3.8, 4) is 0 Å². The van der Waals surface area contributed by atoms with E-state index in [4.69, 9.17) is 0 Å². The number of rotatable bonds is 5. The summed E-state index contributed by atoms with van der Waals surface area (Å²) >= 11 is 0. The van der Waals surface area contributed by atoms with Gasteiger partial charge in [-0.15, -0.1) is 0 Å². The van der Waals surface area contributed by atoms with Crippen LogP contribution in [0.5, 0.6) is 0 Å². The zero-order valence-corrected chi connectivity index (χ0v) is 11.2. The second-order valence-electron chi connectivity index (χ2n) is 5.29. The topological polar surface area (TPSA) is 6.48 Å². The summed E-state index contributed by atoms with van der Waals surface area (Å²) in [6, 6.07) is 1.38. The van der Waals surface area contributed by atoms with Gasteiger partial charge in [-0.1, -0.05) is 47.5 Å². The van der Waals surface area contributed by atoms with Gasteiger partial charge in [0.1, 0.15) is 0 Å². The molecule has 1 saturated heterocycles. The van der Waals surface area contributed by atoms with Gasteiger partial charge in [0.05, 0.1) is 0 Å². The van der Waals surface area contributed by atoms with E-state index in [1.165, 1.54) is 32.3 Å². The molecule has 0 aliphatic carbocycles. The molecule has 0 radical (unpaired) electrons. The molecular formula is C12H27BN2. The first-order chi connectivity index (χ1) is 7.07. The molecule has 0 aromatic carbocycles. The van der Waals surface area contributed by atoms with Gasteiger partial charge in [-0.2, -0.15) is 0 Å². The number of nitrogens with zero attached hydrogens (tertiary/aromatic N) is 2. The van der Waals surface area contributed by atoms with Crippen LogP contribution >= 0.6 is 0 Å². The van der Waals surface area contributed by atoms with Gasteiger partial charge in [0.15, 0.2) is 0 Å². The molecular weight excluding hydrogens is 183 g/mol. The minimum Gasteiger partial charge on any atom is -0.325 e. The van der Waals surface area contributed by atoms with Crippen molar-refractivity contribution in [1.29, 1.82) is 0 Å². The summed E-state index contributed by atoms with van der Waals surface area (Å²) in [5, 5.41) is 0. The second kappa shape index (κ2) is 5.90. The fourth-order valence-corrected chi connectivity index (χ4v) is 2.64. The van der Waals surface area contributed by atoms with Gasteiger partial charge in [0.25, 0.3) is 0 Å². The van der Waals surface area contributed by atoms with Gasteiger partial charge in [0.2, 0.25) is 0 Å². The molecule has 0 N–H and O–H groups in total. The normalized spacial score (nSPS) is 19.8. The lowest BCUT2D eigenvalue weighted by molar-refractivity contribution is 0.390. The average Bonchev–Trinajstić information content (AvgIpc) is 2.57. The van der Waals surface area contributed by atoms with E-state index in [1.54, 1.807) is 0 Å². The Bertz CT molecular complexity index is 166. The molecule has 0 aromatic rings. The molecule has 0 saturated carbocycles. The van der Waals surface area contributed by atoms with E-state index in [0.717, 1.165) is 0 Å². The third-order valence-corrected chi connectivity index (χ3v) is 3.52. The van der Waals surface area contributed by atoms with Crippen molar-refractivity contribution < 1.29 is 0 Å². The van der Waals surface area contributed by atoms with Crippen LogP contribution in [0.2, 0.25) is 6.32 Å². The fourth-order valence-electron chi connectivity index (χ4n) is 2.64. The molecule has 0 atom stereocenters. The molecule has 1 fully saturated rings. The third kappa shape index (κ3) is 3.22. The highest BCUT2D eigenvalue weighted by atomic mass is 15.3. The summed E-state index contributed by atoms with van der Waals surface area (Å²) in [4.78, 5) is 5.32. The Morgan fingerprint density at radius 1 is 1.00 bits per heavy atom. The summed E-state index contributed by atoms with van der Waals surface area (Å²) < 4.78 is 0. The molecule has 15 heavy (non-hydrogen) atoms. The first kappa shape index (κ1) is 13.1. The van der Waals surface area contributed by atoms with E-state index < -0.39 is 0 Å². The molecule has 1 rings (SSSR count). The summed E-state index contributed by atoms with van der Waals surface area (Å²) in [6.45, 7) is 14.8. The molecule has 2 nitrogen and oxygen atoms in total. The largest absolute Gasteiger partial charge is 0.325 e. The maximum atomic E-state index is 2.66.